The molecular weight excluding hydrogens is 299 g/mol. The van der Waals surface area contributed by atoms with E-state index in [4.69, 9.17) is 27.1 Å². The number of amides is 2. The fourth-order valence-electron chi connectivity index (χ4n) is 0.549. The third-order valence-corrected chi connectivity index (χ3v) is 1.37. The maximum atomic E-state index is 10.4. The van der Waals surface area contributed by atoms with Crippen molar-refractivity contribution in [1.29, 1.82) is 0 Å². The van der Waals surface area contributed by atoms with Crippen LogP contribution in [0.5, 0.6) is 0 Å². The molecular formula is C4H4AgClN2O5. The first kappa shape index (κ1) is 14.9. The second-order valence-corrected chi connectivity index (χ2v) is 2.13. The Morgan fingerprint density at radius 1 is 1.23 bits per heavy atom. The van der Waals surface area contributed by atoms with Crippen LogP contribution in [0, 0.1) is 15.3 Å². The third-order valence-electron chi connectivity index (χ3n) is 0.991. The van der Waals surface area contributed by atoms with Crippen LogP contribution in [0.15, 0.2) is 0 Å². The number of nitrogens with zero attached hydrogens (tertiary/aromatic N) is 2. The minimum absolute atomic E-state index is 0. The summed E-state index contributed by atoms with van der Waals surface area (Å²) in [6.07, 6.45) is 0.532. The van der Waals surface area contributed by atoms with Crippen LogP contribution in [-0.4, -0.2) is 21.3 Å². The van der Waals surface area contributed by atoms with E-state index in [1.807, 2.05) is 0 Å². The van der Waals surface area contributed by atoms with E-state index in [1.54, 1.807) is 0 Å². The molecule has 9 heteroatoms. The van der Waals surface area contributed by atoms with Crippen molar-refractivity contribution in [1.82, 2.24) is 4.42 Å². The second kappa shape index (κ2) is 6.84. The van der Waals surface area contributed by atoms with Gasteiger partial charge in [-0.05, 0) is 0 Å². The average molecular weight is 303 g/mol. The number of carbonyl (C=O) groups is 2. The molecule has 7 nitrogen and oxygen atoms in total. The number of rotatable bonds is 0. The van der Waals surface area contributed by atoms with E-state index < -0.39 is 5.09 Å². The van der Waals surface area contributed by atoms with Crippen molar-refractivity contribution < 1.29 is 37.1 Å². The summed E-state index contributed by atoms with van der Waals surface area (Å²) in [5.74, 6) is -0.590. The summed E-state index contributed by atoms with van der Waals surface area (Å²) in [6.45, 7) is 0. The summed E-state index contributed by atoms with van der Waals surface area (Å²) in [4.78, 5) is 29.0. The number of hydrogen-bond acceptors (Lipinski definition) is 5. The molecule has 1 heterocycles. The third kappa shape index (κ3) is 6.52. The second-order valence-electron chi connectivity index (χ2n) is 1.79. The van der Waals surface area contributed by atoms with E-state index in [2.05, 4.69) is 0 Å². The Hall–Kier alpha value is -0.630. The van der Waals surface area contributed by atoms with Crippen molar-refractivity contribution in [2.75, 3.05) is 0 Å². The molecule has 2 amide bonds. The predicted molar refractivity (Wildman–Crippen MR) is 37.3 cm³/mol. The Labute approximate surface area is 93.4 Å². The SMILES string of the molecule is O=C1CCC(=O)N1Cl.O=[N+]([O-])[O-].[Ag+]. The molecule has 1 aliphatic rings. The van der Waals surface area contributed by atoms with E-state index in [0.29, 0.717) is 4.42 Å². The van der Waals surface area contributed by atoms with Gasteiger partial charge < -0.3 is 15.3 Å². The zero-order valence-electron chi connectivity index (χ0n) is 6.03. The molecule has 0 aromatic carbocycles. The van der Waals surface area contributed by atoms with Gasteiger partial charge in [-0.2, -0.15) is 4.42 Å². The van der Waals surface area contributed by atoms with Crippen LogP contribution < -0.4 is 0 Å². The summed E-state index contributed by atoms with van der Waals surface area (Å²) < 4.78 is 0.639. The van der Waals surface area contributed by atoms with E-state index in [0.717, 1.165) is 0 Å². The summed E-state index contributed by atoms with van der Waals surface area (Å²) >= 11 is 5.15. The van der Waals surface area contributed by atoms with E-state index in [1.165, 1.54) is 0 Å². The van der Waals surface area contributed by atoms with E-state index in [9.17, 15) is 9.59 Å². The van der Waals surface area contributed by atoms with Crippen LogP contribution in [0.25, 0.3) is 0 Å². The fraction of sp³-hybridized carbons (Fsp3) is 0.500. The molecule has 0 spiro atoms. The molecule has 0 unspecified atom stereocenters. The van der Waals surface area contributed by atoms with Gasteiger partial charge in [-0.3, -0.25) is 9.59 Å². The maximum Gasteiger partial charge on any atom is 1.00 e. The van der Waals surface area contributed by atoms with Crippen molar-refractivity contribution in [3.05, 3.63) is 15.3 Å². The van der Waals surface area contributed by atoms with Gasteiger partial charge in [-0.15, -0.1) is 0 Å². The van der Waals surface area contributed by atoms with Gasteiger partial charge in [-0.25, -0.2) is 0 Å². The quantitative estimate of drug-likeness (QED) is 0.207. The van der Waals surface area contributed by atoms with Crippen molar-refractivity contribution in [3.63, 3.8) is 0 Å². The molecule has 78 valence electrons. The zero-order valence-corrected chi connectivity index (χ0v) is 8.27. The Morgan fingerprint density at radius 2 is 1.46 bits per heavy atom. The maximum absolute atomic E-state index is 10.4. The minimum Gasteiger partial charge on any atom is -0.356 e. The fourth-order valence-corrected chi connectivity index (χ4v) is 0.718. The smallest absolute Gasteiger partial charge is 0.356 e. The molecule has 0 atom stereocenters. The molecule has 0 aromatic heterocycles. The zero-order chi connectivity index (χ0) is 9.72. The molecule has 0 saturated carbocycles. The van der Waals surface area contributed by atoms with Gasteiger partial charge in [0.1, 0.15) is 0 Å². The van der Waals surface area contributed by atoms with E-state index >= 15 is 0 Å². The number of halogens is 1. The van der Waals surface area contributed by atoms with Gasteiger partial charge in [0.15, 0.2) is 0 Å². The average Bonchev–Trinajstić information content (AvgIpc) is 2.19. The molecule has 0 radical (unpaired) electrons. The van der Waals surface area contributed by atoms with Gasteiger partial charge in [0.25, 0.3) is 0 Å². The molecule has 0 aromatic rings. The molecule has 0 N–H and O–H groups in total. The largest absolute Gasteiger partial charge is 1.00 e. The van der Waals surface area contributed by atoms with E-state index in [-0.39, 0.29) is 47.0 Å². The van der Waals surface area contributed by atoms with Gasteiger partial charge >= 0.3 is 22.4 Å². The Morgan fingerprint density at radius 3 is 1.54 bits per heavy atom. The van der Waals surface area contributed by atoms with Crippen LogP contribution in [0.2, 0.25) is 0 Å². The first-order chi connectivity index (χ1) is 5.45. The summed E-state index contributed by atoms with van der Waals surface area (Å²) in [5.41, 5.74) is 0. The Bertz CT molecular complexity index is 203. The van der Waals surface area contributed by atoms with Gasteiger partial charge in [0.2, 0.25) is 11.8 Å². The van der Waals surface area contributed by atoms with Crippen molar-refractivity contribution >= 4 is 23.6 Å². The monoisotopic (exact) mass is 302 g/mol. The Kier molecular flexibility index (Phi) is 7.82. The topological polar surface area (TPSA) is 104 Å². The molecule has 13 heavy (non-hydrogen) atoms. The van der Waals surface area contributed by atoms with Crippen LogP contribution >= 0.6 is 11.8 Å². The molecule has 1 aliphatic heterocycles. The molecule has 1 saturated heterocycles. The van der Waals surface area contributed by atoms with Crippen LogP contribution in [0.1, 0.15) is 12.8 Å². The standard InChI is InChI=1S/C4H4ClNO2.Ag.NO3/c5-6-3(7)1-2-4(6)8;;2-1(3)4/h1-2H2;;/q;+1;-1. The van der Waals surface area contributed by atoms with Gasteiger partial charge in [0, 0.05) is 24.6 Å². The van der Waals surface area contributed by atoms with Crippen LogP contribution in [-0.2, 0) is 32.0 Å². The Balaban J connectivity index is 0. The van der Waals surface area contributed by atoms with Crippen molar-refractivity contribution in [3.8, 4) is 0 Å². The first-order valence-corrected chi connectivity index (χ1v) is 3.12. The van der Waals surface area contributed by atoms with Crippen LogP contribution in [0.3, 0.4) is 0 Å². The van der Waals surface area contributed by atoms with Crippen molar-refractivity contribution in [2.45, 2.75) is 12.8 Å². The molecule has 0 aliphatic carbocycles. The number of hydrogen-bond donors (Lipinski definition) is 0. The van der Waals surface area contributed by atoms with Gasteiger partial charge in [-0.1, -0.05) is 0 Å². The summed E-state index contributed by atoms with van der Waals surface area (Å²) in [6, 6.07) is 0. The summed E-state index contributed by atoms with van der Waals surface area (Å²) in [7, 11) is 0. The first-order valence-electron chi connectivity index (χ1n) is 2.78. The van der Waals surface area contributed by atoms with Crippen molar-refractivity contribution in [2.24, 2.45) is 0 Å². The minimum atomic E-state index is -1.75. The molecule has 0 bridgehead atoms. The van der Waals surface area contributed by atoms with Crippen LogP contribution in [0.4, 0.5) is 0 Å². The molecule has 1 fully saturated rings. The summed E-state index contributed by atoms with van der Waals surface area (Å²) in [5, 5.41) is 14.8. The normalized spacial score (nSPS) is 14.4. The molecule has 1 rings (SSSR count). The predicted octanol–water partition coefficient (Wildman–Crippen LogP) is 0.0476. The number of imide groups is 1. The number of carbonyl (C=O) groups excluding carboxylic acids is 2. The van der Waals surface area contributed by atoms with Gasteiger partial charge in [0.05, 0.1) is 5.09 Å².